The zero-order valence-corrected chi connectivity index (χ0v) is 16.5. The third kappa shape index (κ3) is 4.92. The number of ketones is 1. The maximum atomic E-state index is 12.5. The van der Waals surface area contributed by atoms with E-state index in [1.54, 1.807) is 49.4 Å². The lowest BCUT2D eigenvalue weighted by atomic mass is 10.1. The summed E-state index contributed by atoms with van der Waals surface area (Å²) in [4.78, 5) is 37.1. The predicted octanol–water partition coefficient (Wildman–Crippen LogP) is 4.92. The molecule has 0 saturated heterocycles. The van der Waals surface area contributed by atoms with Gasteiger partial charge in [0.1, 0.15) is 0 Å². The largest absolute Gasteiger partial charge is 0.459 e. The van der Waals surface area contributed by atoms with Crippen LogP contribution in [-0.2, 0) is 4.74 Å². The van der Waals surface area contributed by atoms with Crippen LogP contribution in [0.15, 0.2) is 65.3 Å². The number of ether oxygens (including phenoxy) is 1. The highest BCUT2D eigenvalue weighted by Gasteiger charge is 2.21. The first-order chi connectivity index (χ1) is 13.8. The van der Waals surface area contributed by atoms with Crippen molar-refractivity contribution in [2.24, 2.45) is 0 Å². The van der Waals surface area contributed by atoms with Gasteiger partial charge in [-0.15, -0.1) is 0 Å². The van der Waals surface area contributed by atoms with E-state index < -0.39 is 18.0 Å². The van der Waals surface area contributed by atoms with Crippen molar-refractivity contribution < 1.29 is 23.5 Å². The Kier molecular flexibility index (Phi) is 6.14. The Morgan fingerprint density at radius 2 is 1.72 bits per heavy atom. The first kappa shape index (κ1) is 20.4. The van der Waals surface area contributed by atoms with Crippen LogP contribution in [0.25, 0.3) is 0 Å². The van der Waals surface area contributed by atoms with Gasteiger partial charge in [-0.2, -0.15) is 0 Å². The molecule has 0 bridgehead atoms. The fourth-order valence-electron chi connectivity index (χ4n) is 2.61. The molecule has 1 heterocycles. The van der Waals surface area contributed by atoms with Crippen LogP contribution in [0.2, 0.25) is 5.02 Å². The van der Waals surface area contributed by atoms with Gasteiger partial charge in [-0.05, 0) is 67.9 Å². The molecular weight excluding hydrogens is 394 g/mol. The molecule has 1 amide bonds. The SMILES string of the molecule is Cc1ccc(C(=O)O[C@@H](C)C(=O)c2ccc(Cl)cc2)cc1NC(=O)c1ccco1. The Bertz CT molecular complexity index is 1040. The molecule has 1 aromatic heterocycles. The lowest BCUT2D eigenvalue weighted by Crippen LogP contribution is -2.24. The van der Waals surface area contributed by atoms with Gasteiger partial charge in [0.15, 0.2) is 11.9 Å². The maximum absolute atomic E-state index is 12.5. The van der Waals surface area contributed by atoms with Gasteiger partial charge in [0, 0.05) is 16.3 Å². The third-order valence-corrected chi connectivity index (χ3v) is 4.50. The van der Waals surface area contributed by atoms with E-state index in [0.717, 1.165) is 5.56 Å². The van der Waals surface area contributed by atoms with Gasteiger partial charge in [-0.3, -0.25) is 9.59 Å². The maximum Gasteiger partial charge on any atom is 0.338 e. The Morgan fingerprint density at radius 1 is 1.03 bits per heavy atom. The second-order valence-corrected chi connectivity index (χ2v) is 6.82. The van der Waals surface area contributed by atoms with Gasteiger partial charge < -0.3 is 14.5 Å². The number of hydrogen-bond donors (Lipinski definition) is 1. The standard InChI is InChI=1S/C22H18ClNO5/c1-13-5-6-16(12-18(13)24-21(26)19-4-3-11-28-19)22(27)29-14(2)20(25)15-7-9-17(23)10-8-15/h3-12,14H,1-2H3,(H,24,26)/t14-/m0/s1. The van der Waals surface area contributed by atoms with E-state index in [2.05, 4.69) is 5.32 Å². The first-order valence-corrected chi connectivity index (χ1v) is 9.19. The van der Waals surface area contributed by atoms with Crippen LogP contribution >= 0.6 is 11.6 Å². The number of carbonyl (C=O) groups is 3. The van der Waals surface area contributed by atoms with Gasteiger partial charge in [0.25, 0.3) is 5.91 Å². The van der Waals surface area contributed by atoms with Crippen LogP contribution in [0, 0.1) is 6.92 Å². The topological polar surface area (TPSA) is 85.6 Å². The van der Waals surface area contributed by atoms with Crippen LogP contribution in [-0.4, -0.2) is 23.8 Å². The van der Waals surface area contributed by atoms with Crippen LogP contribution in [0.5, 0.6) is 0 Å². The number of furan rings is 1. The van der Waals surface area contributed by atoms with Gasteiger partial charge >= 0.3 is 5.97 Å². The molecule has 0 aliphatic heterocycles. The van der Waals surface area contributed by atoms with Crippen molar-refractivity contribution in [1.82, 2.24) is 0 Å². The quantitative estimate of drug-likeness (QED) is 0.459. The van der Waals surface area contributed by atoms with E-state index in [1.807, 2.05) is 0 Å². The number of nitrogens with one attached hydrogen (secondary N) is 1. The number of Topliss-reactive ketones (excluding diaryl/α,β-unsaturated/α-hetero) is 1. The minimum atomic E-state index is -0.980. The lowest BCUT2D eigenvalue weighted by molar-refractivity contribution is 0.0319. The van der Waals surface area contributed by atoms with Crippen LogP contribution in [0.4, 0.5) is 5.69 Å². The summed E-state index contributed by atoms with van der Waals surface area (Å²) in [6.45, 7) is 3.29. The Balaban J connectivity index is 1.71. The number of anilines is 1. The van der Waals surface area contributed by atoms with Crippen molar-refractivity contribution in [2.75, 3.05) is 5.32 Å². The van der Waals surface area contributed by atoms with Crippen LogP contribution in [0.3, 0.4) is 0 Å². The molecule has 0 saturated carbocycles. The smallest absolute Gasteiger partial charge is 0.338 e. The fourth-order valence-corrected chi connectivity index (χ4v) is 2.73. The summed E-state index contributed by atoms with van der Waals surface area (Å²) < 4.78 is 10.4. The second kappa shape index (κ2) is 8.75. The van der Waals surface area contributed by atoms with E-state index in [-0.39, 0.29) is 17.1 Å². The molecule has 3 aromatic rings. The number of hydrogen-bond acceptors (Lipinski definition) is 5. The molecule has 0 spiro atoms. The summed E-state index contributed by atoms with van der Waals surface area (Å²) in [5.41, 5.74) is 1.80. The van der Waals surface area contributed by atoms with Crippen LogP contribution in [0.1, 0.15) is 43.8 Å². The Labute approximate surface area is 172 Å². The van der Waals surface area contributed by atoms with E-state index in [4.69, 9.17) is 20.8 Å². The summed E-state index contributed by atoms with van der Waals surface area (Å²) in [5.74, 6) is -1.30. The summed E-state index contributed by atoms with van der Waals surface area (Å²) in [7, 11) is 0. The zero-order chi connectivity index (χ0) is 21.0. The highest BCUT2D eigenvalue weighted by molar-refractivity contribution is 6.30. The number of esters is 1. The van der Waals surface area contributed by atoms with Crippen molar-refractivity contribution in [3.63, 3.8) is 0 Å². The number of carbonyl (C=O) groups excluding carboxylic acids is 3. The van der Waals surface area contributed by atoms with Crippen LogP contribution < -0.4 is 5.32 Å². The van der Waals surface area contributed by atoms with Gasteiger partial charge in [-0.25, -0.2) is 4.79 Å². The molecule has 0 radical (unpaired) electrons. The normalized spacial score (nSPS) is 11.6. The molecule has 1 N–H and O–H groups in total. The molecule has 2 aromatic carbocycles. The summed E-state index contributed by atoms with van der Waals surface area (Å²) in [5, 5.41) is 3.20. The number of halogens is 1. The number of amides is 1. The van der Waals surface area contributed by atoms with Crippen molar-refractivity contribution in [2.45, 2.75) is 20.0 Å². The number of aryl methyl sites for hydroxylation is 1. The second-order valence-electron chi connectivity index (χ2n) is 6.38. The average molecular weight is 412 g/mol. The molecule has 6 nitrogen and oxygen atoms in total. The van der Waals surface area contributed by atoms with E-state index in [0.29, 0.717) is 16.3 Å². The van der Waals surface area contributed by atoms with Crippen molar-refractivity contribution in [3.05, 3.63) is 88.3 Å². The van der Waals surface area contributed by atoms with Gasteiger partial charge in [0.2, 0.25) is 5.78 Å². The summed E-state index contributed by atoms with van der Waals surface area (Å²) in [6.07, 6.45) is 0.417. The molecule has 3 rings (SSSR count). The first-order valence-electron chi connectivity index (χ1n) is 8.81. The molecule has 7 heteroatoms. The van der Waals surface area contributed by atoms with Gasteiger partial charge in [0.05, 0.1) is 11.8 Å². The minimum Gasteiger partial charge on any atom is -0.459 e. The van der Waals surface area contributed by atoms with E-state index >= 15 is 0 Å². The number of rotatable bonds is 6. The summed E-state index contributed by atoms with van der Waals surface area (Å²) in [6, 6.07) is 14.2. The molecule has 29 heavy (non-hydrogen) atoms. The predicted molar refractivity (Wildman–Crippen MR) is 109 cm³/mol. The Hall–Kier alpha value is -3.38. The molecule has 0 unspecified atom stereocenters. The lowest BCUT2D eigenvalue weighted by Gasteiger charge is -2.14. The summed E-state index contributed by atoms with van der Waals surface area (Å²) >= 11 is 5.82. The average Bonchev–Trinajstić information content (AvgIpc) is 3.24. The molecule has 148 valence electrons. The van der Waals surface area contributed by atoms with E-state index in [1.165, 1.54) is 25.3 Å². The minimum absolute atomic E-state index is 0.152. The van der Waals surface area contributed by atoms with Crippen molar-refractivity contribution in [1.29, 1.82) is 0 Å². The third-order valence-electron chi connectivity index (χ3n) is 4.25. The molecule has 1 atom stereocenters. The molecule has 0 fully saturated rings. The van der Waals surface area contributed by atoms with E-state index in [9.17, 15) is 14.4 Å². The zero-order valence-electron chi connectivity index (χ0n) is 15.8. The van der Waals surface area contributed by atoms with Crippen molar-refractivity contribution >= 4 is 34.9 Å². The molecule has 0 aliphatic carbocycles. The van der Waals surface area contributed by atoms with Crippen molar-refractivity contribution in [3.8, 4) is 0 Å². The highest BCUT2D eigenvalue weighted by atomic mass is 35.5. The molecule has 0 aliphatic rings. The monoisotopic (exact) mass is 411 g/mol. The Morgan fingerprint density at radius 3 is 2.38 bits per heavy atom. The van der Waals surface area contributed by atoms with Gasteiger partial charge in [-0.1, -0.05) is 17.7 Å². The highest BCUT2D eigenvalue weighted by Crippen LogP contribution is 2.20. The molecular formula is C22H18ClNO5. The fraction of sp³-hybridized carbons (Fsp3) is 0.136. The number of benzene rings is 2.